The van der Waals surface area contributed by atoms with Crippen molar-refractivity contribution in [3.8, 4) is 5.75 Å². The van der Waals surface area contributed by atoms with Gasteiger partial charge in [-0.3, -0.25) is 0 Å². The maximum atomic E-state index is 11.7. The lowest BCUT2D eigenvalue weighted by Crippen LogP contribution is -2.01. The molecule has 0 aliphatic rings. The van der Waals surface area contributed by atoms with E-state index in [2.05, 4.69) is 27.1 Å². The molecule has 0 unspecified atom stereocenters. The van der Waals surface area contributed by atoms with Gasteiger partial charge in [-0.25, -0.2) is 0 Å². The standard InChI is InChI=1S/C8H5F2NOS/c9-8(10)12-7-3-1-2-6(4-7)11-5-13/h1-4,8H. The number of hydrogen-bond acceptors (Lipinski definition) is 3. The third-order valence-corrected chi connectivity index (χ3v) is 1.31. The first-order valence-electron chi connectivity index (χ1n) is 3.35. The Morgan fingerprint density at radius 1 is 1.46 bits per heavy atom. The van der Waals surface area contributed by atoms with Crippen LogP contribution in [0.2, 0.25) is 0 Å². The summed E-state index contributed by atoms with van der Waals surface area (Å²) in [6, 6.07) is 5.92. The van der Waals surface area contributed by atoms with Crippen LogP contribution in [0.5, 0.6) is 5.75 Å². The van der Waals surface area contributed by atoms with E-state index in [1.807, 2.05) is 0 Å². The molecule has 2 nitrogen and oxygen atoms in total. The Kier molecular flexibility index (Phi) is 3.49. The van der Waals surface area contributed by atoms with Crippen molar-refractivity contribution in [1.82, 2.24) is 0 Å². The first-order chi connectivity index (χ1) is 6.22. The molecule has 5 heteroatoms. The van der Waals surface area contributed by atoms with Crippen molar-refractivity contribution in [3.05, 3.63) is 24.3 Å². The number of thiocarbonyl (C=S) groups is 1. The third kappa shape index (κ3) is 3.27. The zero-order valence-corrected chi connectivity index (χ0v) is 7.22. The van der Waals surface area contributed by atoms with E-state index in [1.165, 1.54) is 12.1 Å². The number of aliphatic imine (C=N–C) groups is 1. The van der Waals surface area contributed by atoms with Crippen LogP contribution < -0.4 is 4.74 Å². The molecule has 68 valence electrons. The quantitative estimate of drug-likeness (QED) is 0.553. The lowest BCUT2D eigenvalue weighted by molar-refractivity contribution is -0.0498. The summed E-state index contributed by atoms with van der Waals surface area (Å²) >= 11 is 4.36. The maximum absolute atomic E-state index is 11.7. The van der Waals surface area contributed by atoms with E-state index in [9.17, 15) is 8.78 Å². The summed E-state index contributed by atoms with van der Waals surface area (Å²) in [5.41, 5.74) is 0.438. The highest BCUT2D eigenvalue weighted by molar-refractivity contribution is 7.78. The van der Waals surface area contributed by atoms with E-state index in [4.69, 9.17) is 0 Å². The summed E-state index contributed by atoms with van der Waals surface area (Å²) in [4.78, 5) is 3.61. The van der Waals surface area contributed by atoms with Gasteiger partial charge in [0.15, 0.2) is 0 Å². The second-order valence-electron chi connectivity index (χ2n) is 2.08. The number of alkyl halides is 2. The van der Waals surface area contributed by atoms with Crippen LogP contribution in [0.15, 0.2) is 29.3 Å². The largest absolute Gasteiger partial charge is 0.435 e. The zero-order valence-electron chi connectivity index (χ0n) is 6.41. The Bertz CT molecular complexity index is 337. The normalized spacial score (nSPS) is 9.46. The summed E-state index contributed by atoms with van der Waals surface area (Å²) < 4.78 is 27.6. The number of benzene rings is 1. The van der Waals surface area contributed by atoms with Crippen LogP contribution in [0.25, 0.3) is 0 Å². The first kappa shape index (κ1) is 9.77. The number of ether oxygens (including phenoxy) is 1. The molecule has 1 aromatic carbocycles. The van der Waals surface area contributed by atoms with E-state index < -0.39 is 6.61 Å². The van der Waals surface area contributed by atoms with Crippen molar-refractivity contribution in [2.75, 3.05) is 0 Å². The Morgan fingerprint density at radius 2 is 2.23 bits per heavy atom. The molecule has 0 N–H and O–H groups in total. The second kappa shape index (κ2) is 4.64. The molecule has 0 atom stereocenters. The van der Waals surface area contributed by atoms with Crippen molar-refractivity contribution in [1.29, 1.82) is 0 Å². The lowest BCUT2D eigenvalue weighted by atomic mass is 10.3. The lowest BCUT2D eigenvalue weighted by Gasteiger charge is -2.03. The molecular formula is C8H5F2NOS. The van der Waals surface area contributed by atoms with Gasteiger partial charge < -0.3 is 4.74 Å². The molecule has 0 saturated heterocycles. The van der Waals surface area contributed by atoms with E-state index in [1.54, 1.807) is 12.1 Å². The topological polar surface area (TPSA) is 21.6 Å². The van der Waals surface area contributed by atoms with Crippen molar-refractivity contribution in [2.45, 2.75) is 6.61 Å². The molecule has 0 aromatic heterocycles. The van der Waals surface area contributed by atoms with Gasteiger partial charge in [0.25, 0.3) is 0 Å². The van der Waals surface area contributed by atoms with Crippen LogP contribution in [0.3, 0.4) is 0 Å². The molecule has 0 radical (unpaired) electrons. The van der Waals surface area contributed by atoms with Crippen molar-refractivity contribution in [2.24, 2.45) is 4.99 Å². The van der Waals surface area contributed by atoms with Crippen molar-refractivity contribution < 1.29 is 13.5 Å². The van der Waals surface area contributed by atoms with Gasteiger partial charge in [-0.05, 0) is 24.4 Å². The Balaban J connectivity index is 2.85. The zero-order chi connectivity index (χ0) is 9.68. The molecule has 1 aromatic rings. The fourth-order valence-corrected chi connectivity index (χ4v) is 0.887. The van der Waals surface area contributed by atoms with Crippen molar-refractivity contribution in [3.63, 3.8) is 0 Å². The van der Waals surface area contributed by atoms with Gasteiger partial charge in [-0.15, -0.1) is 0 Å². The van der Waals surface area contributed by atoms with E-state index in [0.717, 1.165) is 0 Å². The minimum Gasteiger partial charge on any atom is -0.435 e. The summed E-state index contributed by atoms with van der Waals surface area (Å²) in [7, 11) is 0. The maximum Gasteiger partial charge on any atom is 0.387 e. The summed E-state index contributed by atoms with van der Waals surface area (Å²) in [6.45, 7) is -2.83. The molecule has 0 aliphatic carbocycles. The first-order valence-corrected chi connectivity index (χ1v) is 3.76. The van der Waals surface area contributed by atoms with Gasteiger partial charge in [0.2, 0.25) is 0 Å². The van der Waals surface area contributed by atoms with Gasteiger partial charge in [0.05, 0.1) is 10.8 Å². The smallest absolute Gasteiger partial charge is 0.387 e. The monoisotopic (exact) mass is 201 g/mol. The van der Waals surface area contributed by atoms with Crippen LogP contribution in [-0.4, -0.2) is 11.8 Å². The van der Waals surface area contributed by atoms with Gasteiger partial charge in [-0.1, -0.05) is 6.07 Å². The predicted octanol–water partition coefficient (Wildman–Crippen LogP) is 3.02. The molecule has 1 rings (SSSR count). The summed E-state index contributed by atoms with van der Waals surface area (Å²) in [5, 5.41) is 2.13. The van der Waals surface area contributed by atoms with Crippen molar-refractivity contribution >= 4 is 23.1 Å². The fourth-order valence-electron chi connectivity index (χ4n) is 0.782. The fraction of sp³-hybridized carbons (Fsp3) is 0.125. The Morgan fingerprint density at radius 3 is 2.85 bits per heavy atom. The molecule has 0 saturated carbocycles. The number of isothiocyanates is 1. The predicted molar refractivity (Wildman–Crippen MR) is 47.8 cm³/mol. The SMILES string of the molecule is FC(F)Oc1cccc(N=C=S)c1. The van der Waals surface area contributed by atoms with Crippen LogP contribution in [0, 0.1) is 0 Å². The molecular weight excluding hydrogens is 196 g/mol. The average molecular weight is 201 g/mol. The molecule has 13 heavy (non-hydrogen) atoms. The molecule has 0 spiro atoms. The molecule has 0 fully saturated rings. The van der Waals surface area contributed by atoms with E-state index in [0.29, 0.717) is 5.69 Å². The van der Waals surface area contributed by atoms with Gasteiger partial charge >= 0.3 is 6.61 Å². The Hall–Kier alpha value is -1.32. The summed E-state index contributed by atoms with van der Waals surface area (Å²) in [6.07, 6.45) is 0. The molecule has 0 bridgehead atoms. The van der Waals surface area contributed by atoms with Gasteiger partial charge in [-0.2, -0.15) is 13.8 Å². The Labute approximate surface area is 78.9 Å². The van der Waals surface area contributed by atoms with Crippen LogP contribution >= 0.6 is 12.2 Å². The van der Waals surface area contributed by atoms with Crippen LogP contribution in [-0.2, 0) is 0 Å². The second-order valence-corrected chi connectivity index (χ2v) is 2.26. The number of hydrogen-bond donors (Lipinski definition) is 0. The highest BCUT2D eigenvalue weighted by Gasteiger charge is 2.03. The minimum absolute atomic E-state index is 0.0569. The van der Waals surface area contributed by atoms with E-state index >= 15 is 0 Å². The summed E-state index contributed by atoms with van der Waals surface area (Å²) in [5.74, 6) is 0.0569. The van der Waals surface area contributed by atoms with Gasteiger partial charge in [0.1, 0.15) is 5.75 Å². The molecule has 0 aliphatic heterocycles. The number of nitrogens with zero attached hydrogens (tertiary/aromatic N) is 1. The van der Waals surface area contributed by atoms with Crippen LogP contribution in [0.1, 0.15) is 0 Å². The van der Waals surface area contributed by atoms with Crippen LogP contribution in [0.4, 0.5) is 14.5 Å². The number of rotatable bonds is 3. The minimum atomic E-state index is -2.83. The van der Waals surface area contributed by atoms with E-state index in [-0.39, 0.29) is 5.75 Å². The third-order valence-electron chi connectivity index (χ3n) is 1.22. The molecule has 0 heterocycles. The molecule has 0 amide bonds. The highest BCUT2D eigenvalue weighted by atomic mass is 32.1. The number of halogens is 2. The highest BCUT2D eigenvalue weighted by Crippen LogP contribution is 2.20. The average Bonchev–Trinajstić information content (AvgIpc) is 2.04. The van der Waals surface area contributed by atoms with Gasteiger partial charge in [0, 0.05) is 6.07 Å².